The second-order valence-electron chi connectivity index (χ2n) is 4.93. The molecule has 19 heavy (non-hydrogen) atoms. The normalized spacial score (nSPS) is 24.8. The van der Waals surface area contributed by atoms with Crippen molar-refractivity contribution in [3.05, 3.63) is 29.8 Å². The van der Waals surface area contributed by atoms with Gasteiger partial charge in [-0.25, -0.2) is 0 Å². The SMILES string of the molecule is FC(F)(F)Oc1cccc(C2CCCCC(Cl)C2)c1. The van der Waals surface area contributed by atoms with Gasteiger partial charge in [-0.15, -0.1) is 24.8 Å². The molecule has 106 valence electrons. The summed E-state index contributed by atoms with van der Waals surface area (Å²) in [5.41, 5.74) is 0.884. The number of benzene rings is 1. The van der Waals surface area contributed by atoms with Crippen molar-refractivity contribution in [2.75, 3.05) is 0 Å². The van der Waals surface area contributed by atoms with Gasteiger partial charge in [-0.2, -0.15) is 0 Å². The molecule has 1 saturated carbocycles. The van der Waals surface area contributed by atoms with Gasteiger partial charge in [0.2, 0.25) is 0 Å². The molecule has 0 spiro atoms. The van der Waals surface area contributed by atoms with Gasteiger partial charge in [0.15, 0.2) is 0 Å². The average Bonchev–Trinajstić information content (AvgIpc) is 2.52. The van der Waals surface area contributed by atoms with Gasteiger partial charge < -0.3 is 4.74 Å². The van der Waals surface area contributed by atoms with Crippen molar-refractivity contribution >= 4 is 11.6 Å². The van der Waals surface area contributed by atoms with Gasteiger partial charge in [0, 0.05) is 5.38 Å². The molecule has 5 heteroatoms. The zero-order valence-electron chi connectivity index (χ0n) is 10.4. The first-order valence-electron chi connectivity index (χ1n) is 6.44. The Kier molecular flexibility index (Phi) is 4.61. The van der Waals surface area contributed by atoms with Crippen molar-refractivity contribution in [2.45, 2.75) is 49.8 Å². The number of ether oxygens (including phenoxy) is 1. The molecular formula is C14H16ClF3O. The highest BCUT2D eigenvalue weighted by Gasteiger charge is 2.31. The third-order valence-corrected chi connectivity index (χ3v) is 3.82. The van der Waals surface area contributed by atoms with E-state index in [-0.39, 0.29) is 17.0 Å². The highest BCUT2D eigenvalue weighted by Crippen LogP contribution is 2.35. The van der Waals surface area contributed by atoms with Crippen LogP contribution in [0.15, 0.2) is 24.3 Å². The molecule has 0 heterocycles. The maximum atomic E-state index is 12.2. The number of halogens is 4. The van der Waals surface area contributed by atoms with Crippen LogP contribution in [0, 0.1) is 0 Å². The van der Waals surface area contributed by atoms with Crippen LogP contribution in [-0.4, -0.2) is 11.7 Å². The van der Waals surface area contributed by atoms with Crippen LogP contribution in [-0.2, 0) is 0 Å². The summed E-state index contributed by atoms with van der Waals surface area (Å²) in [5.74, 6) is 0.0714. The molecule has 0 aromatic heterocycles. The minimum Gasteiger partial charge on any atom is -0.406 e. The molecular weight excluding hydrogens is 277 g/mol. The minimum atomic E-state index is -4.64. The minimum absolute atomic E-state index is 0.111. The summed E-state index contributed by atoms with van der Waals surface area (Å²) >= 11 is 6.20. The third-order valence-electron chi connectivity index (χ3n) is 3.42. The number of hydrogen-bond donors (Lipinski definition) is 0. The molecule has 0 N–H and O–H groups in total. The Balaban J connectivity index is 2.13. The first kappa shape index (κ1) is 14.5. The molecule has 2 atom stereocenters. The molecule has 1 aliphatic carbocycles. The molecule has 1 nitrogen and oxygen atoms in total. The fourth-order valence-electron chi connectivity index (χ4n) is 2.57. The first-order chi connectivity index (χ1) is 8.94. The van der Waals surface area contributed by atoms with Crippen molar-refractivity contribution in [2.24, 2.45) is 0 Å². The molecule has 0 amide bonds. The van der Waals surface area contributed by atoms with Crippen LogP contribution in [0.25, 0.3) is 0 Å². The van der Waals surface area contributed by atoms with E-state index in [2.05, 4.69) is 4.74 Å². The highest BCUT2D eigenvalue weighted by molar-refractivity contribution is 6.20. The van der Waals surface area contributed by atoms with E-state index in [4.69, 9.17) is 11.6 Å². The van der Waals surface area contributed by atoms with E-state index in [0.29, 0.717) is 0 Å². The van der Waals surface area contributed by atoms with Crippen molar-refractivity contribution < 1.29 is 17.9 Å². The summed E-state index contributed by atoms with van der Waals surface area (Å²) in [6, 6.07) is 6.26. The third kappa shape index (κ3) is 4.60. The van der Waals surface area contributed by atoms with Crippen LogP contribution < -0.4 is 4.74 Å². The van der Waals surface area contributed by atoms with Crippen molar-refractivity contribution in [1.82, 2.24) is 0 Å². The van der Waals surface area contributed by atoms with Crippen LogP contribution in [0.5, 0.6) is 5.75 Å². The quantitative estimate of drug-likeness (QED) is 0.535. The predicted molar refractivity (Wildman–Crippen MR) is 68.6 cm³/mol. The van der Waals surface area contributed by atoms with Crippen molar-refractivity contribution in [3.8, 4) is 5.75 Å². The standard InChI is InChI=1S/C14H16ClF3O/c15-12-6-2-1-4-10(8-12)11-5-3-7-13(9-11)19-14(16,17)18/h3,5,7,9-10,12H,1-2,4,6,8H2. The molecule has 1 aromatic rings. The van der Waals surface area contributed by atoms with Gasteiger partial charge in [0.05, 0.1) is 0 Å². The molecule has 2 rings (SSSR count). The summed E-state index contributed by atoms with van der Waals surface area (Å²) in [4.78, 5) is 0. The number of hydrogen-bond acceptors (Lipinski definition) is 1. The highest BCUT2D eigenvalue weighted by atomic mass is 35.5. The molecule has 2 unspecified atom stereocenters. The second kappa shape index (κ2) is 6.04. The Morgan fingerprint density at radius 2 is 1.89 bits per heavy atom. The van der Waals surface area contributed by atoms with Gasteiger partial charge in [0.25, 0.3) is 0 Å². The van der Waals surface area contributed by atoms with Gasteiger partial charge in [-0.3, -0.25) is 0 Å². The maximum absolute atomic E-state index is 12.2. The van der Waals surface area contributed by atoms with E-state index in [1.807, 2.05) is 6.07 Å². The van der Waals surface area contributed by atoms with Crippen molar-refractivity contribution in [3.63, 3.8) is 0 Å². The van der Waals surface area contributed by atoms with Gasteiger partial charge in [-0.1, -0.05) is 25.0 Å². The predicted octanol–water partition coefficient (Wildman–Crippen LogP) is 5.24. The fraction of sp³-hybridized carbons (Fsp3) is 0.571. The number of rotatable bonds is 2. The van der Waals surface area contributed by atoms with Crippen LogP contribution in [0.2, 0.25) is 0 Å². The molecule has 1 aliphatic rings. The van der Waals surface area contributed by atoms with Gasteiger partial charge >= 0.3 is 6.36 Å². The molecule has 1 fully saturated rings. The molecule has 0 bridgehead atoms. The first-order valence-corrected chi connectivity index (χ1v) is 6.87. The van der Waals surface area contributed by atoms with Crippen molar-refractivity contribution in [1.29, 1.82) is 0 Å². The van der Waals surface area contributed by atoms with E-state index in [1.54, 1.807) is 6.07 Å². The van der Waals surface area contributed by atoms with E-state index in [1.165, 1.54) is 12.1 Å². The summed E-state index contributed by atoms with van der Waals surface area (Å²) in [6.45, 7) is 0. The zero-order valence-corrected chi connectivity index (χ0v) is 11.2. The molecule has 1 aromatic carbocycles. The van der Waals surface area contributed by atoms with Crippen LogP contribution in [0.1, 0.15) is 43.6 Å². The zero-order chi connectivity index (χ0) is 13.9. The van der Waals surface area contributed by atoms with E-state index < -0.39 is 6.36 Å². The lowest BCUT2D eigenvalue weighted by molar-refractivity contribution is -0.274. The number of alkyl halides is 4. The van der Waals surface area contributed by atoms with Crippen LogP contribution in [0.4, 0.5) is 13.2 Å². The second-order valence-corrected chi connectivity index (χ2v) is 5.55. The molecule has 0 radical (unpaired) electrons. The monoisotopic (exact) mass is 292 g/mol. The average molecular weight is 293 g/mol. The van der Waals surface area contributed by atoms with E-state index in [0.717, 1.165) is 37.7 Å². The Morgan fingerprint density at radius 3 is 2.63 bits per heavy atom. The Labute approximate surface area is 115 Å². The van der Waals surface area contributed by atoms with Gasteiger partial charge in [-0.05, 0) is 42.9 Å². The van der Waals surface area contributed by atoms with Crippen LogP contribution in [0.3, 0.4) is 0 Å². The summed E-state index contributed by atoms with van der Waals surface area (Å²) in [7, 11) is 0. The van der Waals surface area contributed by atoms with E-state index in [9.17, 15) is 13.2 Å². The molecule has 0 aliphatic heterocycles. The maximum Gasteiger partial charge on any atom is 0.573 e. The Morgan fingerprint density at radius 1 is 1.16 bits per heavy atom. The fourth-order valence-corrected chi connectivity index (χ4v) is 2.94. The lowest BCUT2D eigenvalue weighted by atomic mass is 9.91. The smallest absolute Gasteiger partial charge is 0.406 e. The lowest BCUT2D eigenvalue weighted by Crippen LogP contribution is -2.17. The Hall–Kier alpha value is -0.900. The summed E-state index contributed by atoms with van der Waals surface area (Å²) in [6.07, 6.45) is 0.283. The molecule has 0 saturated heterocycles. The Bertz CT molecular complexity index is 419. The lowest BCUT2D eigenvalue weighted by Gasteiger charge is -2.18. The van der Waals surface area contributed by atoms with Gasteiger partial charge in [0.1, 0.15) is 5.75 Å². The topological polar surface area (TPSA) is 9.23 Å². The van der Waals surface area contributed by atoms with E-state index >= 15 is 0 Å². The largest absolute Gasteiger partial charge is 0.573 e. The van der Waals surface area contributed by atoms with Crippen LogP contribution >= 0.6 is 11.6 Å². The summed E-state index contributed by atoms with van der Waals surface area (Å²) < 4.78 is 40.6. The summed E-state index contributed by atoms with van der Waals surface area (Å²) in [5, 5.41) is 0.111.